The minimum Gasteiger partial charge on any atom is -0.449 e. The summed E-state index contributed by atoms with van der Waals surface area (Å²) in [6.07, 6.45) is 31.0. The molecule has 0 amide bonds. The van der Waals surface area contributed by atoms with Crippen molar-refractivity contribution in [2.24, 2.45) is 23.7 Å². The van der Waals surface area contributed by atoms with Gasteiger partial charge in [-0.1, -0.05) is 116 Å². The molecule has 0 heterocycles. The number of hydrogen-bond donors (Lipinski definition) is 0. The Hall–Kier alpha value is -2.98. The van der Waals surface area contributed by atoms with Crippen molar-refractivity contribution in [3.8, 4) is 24.7 Å². The first-order chi connectivity index (χ1) is 18.9. The Balaban J connectivity index is 0. The van der Waals surface area contributed by atoms with Crippen LogP contribution in [0.3, 0.4) is 0 Å². The molecule has 4 nitrogen and oxygen atoms in total. The number of rotatable bonds is 18. The predicted octanol–water partition coefficient (Wildman–Crippen LogP) is 9.04. The third-order valence-corrected chi connectivity index (χ3v) is 6.08. The third kappa shape index (κ3) is 29.6. The van der Waals surface area contributed by atoms with E-state index in [0.29, 0.717) is 11.8 Å². The van der Waals surface area contributed by atoms with Crippen LogP contribution >= 0.6 is 0 Å². The molecule has 0 fully saturated rings. The number of carbonyl (C=O) groups is 2. The summed E-state index contributed by atoms with van der Waals surface area (Å²) in [4.78, 5) is 22.6. The van der Waals surface area contributed by atoms with E-state index in [1.165, 1.54) is 50.7 Å². The molecule has 0 rings (SSSR count). The minimum atomic E-state index is -0.380. The van der Waals surface area contributed by atoms with Crippen LogP contribution in [0.5, 0.6) is 0 Å². The Bertz CT molecular complexity index is 813. The molecule has 224 valence electrons. The fraction of sp³-hybridized carbons (Fsp3) is 0.611. The van der Waals surface area contributed by atoms with Crippen molar-refractivity contribution in [3.05, 3.63) is 47.6 Å². The molecule has 0 spiro atoms. The summed E-state index contributed by atoms with van der Waals surface area (Å²) in [6.45, 7) is 17.4. The van der Waals surface area contributed by atoms with Crippen LogP contribution in [0.4, 0.5) is 0 Å². The van der Waals surface area contributed by atoms with E-state index in [-0.39, 0.29) is 25.2 Å². The quantitative estimate of drug-likeness (QED) is 0.0736. The van der Waals surface area contributed by atoms with Crippen molar-refractivity contribution in [3.63, 3.8) is 0 Å². The molecular weight excluding hydrogens is 496 g/mol. The van der Waals surface area contributed by atoms with Gasteiger partial charge in [-0.2, -0.15) is 0 Å². The zero-order chi connectivity index (χ0) is 30.8. The van der Waals surface area contributed by atoms with E-state index < -0.39 is 0 Å². The molecule has 0 aliphatic carbocycles. The molecule has 0 saturated carbocycles. The monoisotopic (exact) mass is 552 g/mol. The zero-order valence-corrected chi connectivity index (χ0v) is 26.6. The lowest BCUT2D eigenvalue weighted by Gasteiger charge is -2.09. The SMILES string of the molecule is C#CCOC(=O)/C=C(C)/C=C/CC(C)CCCC(C)C.C#CCOC(=O)/C=C(C)/C=C/CC(C)CCCC(C)C. The molecule has 0 aromatic rings. The zero-order valence-electron chi connectivity index (χ0n) is 26.6. The topological polar surface area (TPSA) is 52.6 Å². The van der Waals surface area contributed by atoms with Gasteiger partial charge in [0.25, 0.3) is 0 Å². The van der Waals surface area contributed by atoms with Gasteiger partial charge < -0.3 is 9.47 Å². The second-order valence-electron chi connectivity index (χ2n) is 11.5. The third-order valence-electron chi connectivity index (χ3n) is 6.08. The molecule has 0 aromatic carbocycles. The van der Waals surface area contributed by atoms with Crippen LogP contribution in [0.1, 0.15) is 107 Å². The number of terminal acetylenes is 2. The van der Waals surface area contributed by atoms with Crippen molar-refractivity contribution in [1.29, 1.82) is 0 Å². The lowest BCUT2D eigenvalue weighted by Crippen LogP contribution is -2.01. The van der Waals surface area contributed by atoms with Crippen LogP contribution in [0, 0.1) is 48.4 Å². The van der Waals surface area contributed by atoms with E-state index in [9.17, 15) is 9.59 Å². The molecule has 0 aromatic heterocycles. The van der Waals surface area contributed by atoms with Gasteiger partial charge in [-0.05, 0) is 61.5 Å². The van der Waals surface area contributed by atoms with Gasteiger partial charge in [-0.3, -0.25) is 0 Å². The van der Waals surface area contributed by atoms with Crippen LogP contribution in [0.2, 0.25) is 0 Å². The standard InChI is InChI=1S/2C18H28O2/c2*1-6-13-20-18(19)14-17(5)12-8-11-16(4)10-7-9-15(2)3/h2*1,8,12,14-16H,7,9-11,13H2,2-5H3/b2*12-8+,17-14+. The number of ether oxygens (including phenoxy) is 2. The van der Waals surface area contributed by atoms with Gasteiger partial charge in [-0.25, -0.2) is 9.59 Å². The first-order valence-electron chi connectivity index (χ1n) is 14.8. The van der Waals surface area contributed by atoms with Crippen LogP contribution in [-0.2, 0) is 19.1 Å². The Morgan fingerprint density at radius 2 is 1.00 bits per heavy atom. The molecule has 2 atom stereocenters. The normalized spacial score (nSPS) is 13.5. The fourth-order valence-electron chi connectivity index (χ4n) is 3.73. The summed E-state index contributed by atoms with van der Waals surface area (Å²) in [5.41, 5.74) is 1.78. The van der Waals surface area contributed by atoms with Gasteiger partial charge in [0.05, 0.1) is 0 Å². The number of hydrogen-bond acceptors (Lipinski definition) is 4. The van der Waals surface area contributed by atoms with Gasteiger partial charge >= 0.3 is 11.9 Å². The van der Waals surface area contributed by atoms with E-state index >= 15 is 0 Å². The molecule has 0 aliphatic rings. The van der Waals surface area contributed by atoms with E-state index in [1.54, 1.807) is 0 Å². The Morgan fingerprint density at radius 1 is 0.650 bits per heavy atom. The molecule has 40 heavy (non-hydrogen) atoms. The second-order valence-corrected chi connectivity index (χ2v) is 11.5. The molecule has 0 N–H and O–H groups in total. The van der Waals surface area contributed by atoms with Gasteiger partial charge in [0.15, 0.2) is 13.2 Å². The summed E-state index contributed by atoms with van der Waals surface area (Å²) in [5.74, 6) is 6.73. The first-order valence-corrected chi connectivity index (χ1v) is 14.8. The van der Waals surface area contributed by atoms with Crippen molar-refractivity contribution >= 4 is 11.9 Å². The Morgan fingerprint density at radius 3 is 1.30 bits per heavy atom. The summed E-state index contributed by atoms with van der Waals surface area (Å²) >= 11 is 0. The molecule has 0 aliphatic heterocycles. The first kappa shape index (κ1) is 39.2. The van der Waals surface area contributed by atoms with Crippen LogP contribution < -0.4 is 0 Å². The molecule has 0 bridgehead atoms. The van der Waals surface area contributed by atoms with E-state index in [2.05, 4.69) is 65.5 Å². The highest BCUT2D eigenvalue weighted by atomic mass is 16.5. The van der Waals surface area contributed by atoms with Gasteiger partial charge in [0.2, 0.25) is 0 Å². The van der Waals surface area contributed by atoms with Crippen LogP contribution in [0.15, 0.2) is 47.6 Å². The number of allylic oxidation sites excluding steroid dienone is 6. The van der Waals surface area contributed by atoms with E-state index in [1.807, 2.05) is 26.0 Å². The van der Waals surface area contributed by atoms with Crippen molar-refractivity contribution in [2.75, 3.05) is 13.2 Å². The summed E-state index contributed by atoms with van der Waals surface area (Å²) < 4.78 is 9.56. The fourth-order valence-corrected chi connectivity index (χ4v) is 3.73. The molecule has 0 radical (unpaired) electrons. The maximum atomic E-state index is 11.3. The smallest absolute Gasteiger partial charge is 0.331 e. The van der Waals surface area contributed by atoms with Crippen molar-refractivity contribution in [2.45, 2.75) is 107 Å². The molecule has 0 saturated heterocycles. The van der Waals surface area contributed by atoms with E-state index in [0.717, 1.165) is 35.8 Å². The average molecular weight is 553 g/mol. The van der Waals surface area contributed by atoms with Gasteiger partial charge in [0, 0.05) is 12.2 Å². The molecule has 2 unspecified atom stereocenters. The second kappa shape index (κ2) is 26.3. The number of carbonyl (C=O) groups excluding carboxylic acids is 2. The Kier molecular flexibility index (Phi) is 25.7. The maximum Gasteiger partial charge on any atom is 0.331 e. The largest absolute Gasteiger partial charge is 0.449 e. The summed E-state index contributed by atoms with van der Waals surface area (Å²) in [7, 11) is 0. The molecule has 4 heteroatoms. The number of esters is 2. The average Bonchev–Trinajstić information content (AvgIpc) is 2.86. The van der Waals surface area contributed by atoms with Gasteiger partial charge in [0.1, 0.15) is 0 Å². The highest BCUT2D eigenvalue weighted by Crippen LogP contribution is 2.17. The predicted molar refractivity (Wildman–Crippen MR) is 170 cm³/mol. The highest BCUT2D eigenvalue weighted by Gasteiger charge is 2.03. The maximum absolute atomic E-state index is 11.3. The summed E-state index contributed by atoms with van der Waals surface area (Å²) in [6, 6.07) is 0. The Labute approximate surface area is 246 Å². The minimum absolute atomic E-state index is 0.0270. The van der Waals surface area contributed by atoms with Crippen molar-refractivity contribution in [1.82, 2.24) is 0 Å². The van der Waals surface area contributed by atoms with Gasteiger partial charge in [-0.15, -0.1) is 12.8 Å². The van der Waals surface area contributed by atoms with Crippen LogP contribution in [0.25, 0.3) is 0 Å². The lowest BCUT2D eigenvalue weighted by molar-refractivity contribution is -0.137. The summed E-state index contributed by atoms with van der Waals surface area (Å²) in [5, 5.41) is 0. The van der Waals surface area contributed by atoms with Crippen LogP contribution in [-0.4, -0.2) is 25.2 Å². The lowest BCUT2D eigenvalue weighted by atomic mass is 9.97. The van der Waals surface area contributed by atoms with Crippen molar-refractivity contribution < 1.29 is 19.1 Å². The highest BCUT2D eigenvalue weighted by molar-refractivity contribution is 5.83. The molecular formula is C36H56O4. The van der Waals surface area contributed by atoms with E-state index in [4.69, 9.17) is 22.3 Å².